The quantitative estimate of drug-likeness (QED) is 0.658. The van der Waals surface area contributed by atoms with Crippen LogP contribution < -0.4 is 0 Å². The molecule has 0 amide bonds. The first-order chi connectivity index (χ1) is 9.95. The number of carboxylic acid groups (broad SMARTS) is 1. The minimum Gasteiger partial charge on any atom is -0.476 e. The Balaban J connectivity index is 2.59. The summed E-state index contributed by atoms with van der Waals surface area (Å²) in [6.07, 6.45) is 0. The molecule has 0 saturated carbocycles. The van der Waals surface area contributed by atoms with Crippen LogP contribution in [0, 0.1) is 10.1 Å². The summed E-state index contributed by atoms with van der Waals surface area (Å²) in [7, 11) is 1.38. The molecule has 0 spiro atoms. The molecule has 0 bridgehead atoms. The summed E-state index contributed by atoms with van der Waals surface area (Å²) in [5, 5.41) is 27.1. The van der Waals surface area contributed by atoms with Gasteiger partial charge in [0.05, 0.1) is 17.2 Å². The smallest absolute Gasteiger partial charge is 0.358 e. The van der Waals surface area contributed by atoms with Gasteiger partial charge < -0.3 is 9.84 Å². The van der Waals surface area contributed by atoms with Crippen molar-refractivity contribution in [3.05, 3.63) is 44.7 Å². The van der Waals surface area contributed by atoms with Gasteiger partial charge in [0.2, 0.25) is 0 Å². The SMILES string of the molecule is COCc1c(C(=O)O)nnn1-c1ccc(Cl)c([N+](=O)[O-])c1. The molecule has 1 heterocycles. The van der Waals surface area contributed by atoms with E-state index in [9.17, 15) is 14.9 Å². The lowest BCUT2D eigenvalue weighted by Crippen LogP contribution is -2.08. The fourth-order valence-corrected chi connectivity index (χ4v) is 1.90. The Morgan fingerprint density at radius 2 is 2.29 bits per heavy atom. The van der Waals surface area contributed by atoms with Crippen LogP contribution in [0.25, 0.3) is 5.69 Å². The van der Waals surface area contributed by atoms with Crippen LogP contribution in [0.2, 0.25) is 5.02 Å². The summed E-state index contributed by atoms with van der Waals surface area (Å²) in [6, 6.07) is 3.98. The zero-order valence-corrected chi connectivity index (χ0v) is 11.4. The van der Waals surface area contributed by atoms with Crippen LogP contribution in [0.3, 0.4) is 0 Å². The van der Waals surface area contributed by atoms with Crippen molar-refractivity contribution in [2.75, 3.05) is 7.11 Å². The number of rotatable bonds is 5. The highest BCUT2D eigenvalue weighted by Gasteiger charge is 2.21. The van der Waals surface area contributed by atoms with Crippen molar-refractivity contribution in [3.8, 4) is 5.69 Å². The number of hydrogen-bond acceptors (Lipinski definition) is 6. The number of aromatic carboxylic acids is 1. The second-order valence-corrected chi connectivity index (χ2v) is 4.33. The predicted molar refractivity (Wildman–Crippen MR) is 70.7 cm³/mol. The van der Waals surface area contributed by atoms with Crippen LogP contribution in [-0.4, -0.2) is 38.1 Å². The minimum absolute atomic E-state index is 0.0318. The first-order valence-corrected chi connectivity index (χ1v) is 5.94. The third-order valence-electron chi connectivity index (χ3n) is 2.62. The van der Waals surface area contributed by atoms with Gasteiger partial charge in [-0.05, 0) is 12.1 Å². The van der Waals surface area contributed by atoms with Crippen molar-refractivity contribution in [2.45, 2.75) is 6.61 Å². The molecule has 2 aromatic rings. The van der Waals surface area contributed by atoms with Gasteiger partial charge in [-0.1, -0.05) is 16.8 Å². The topological polar surface area (TPSA) is 120 Å². The number of nitro benzene ring substituents is 1. The number of carboxylic acids is 1. The maximum absolute atomic E-state index is 11.1. The Kier molecular flexibility index (Phi) is 4.15. The van der Waals surface area contributed by atoms with Crippen LogP contribution >= 0.6 is 11.6 Å². The van der Waals surface area contributed by atoms with E-state index in [4.69, 9.17) is 21.4 Å². The standard InChI is InChI=1S/C11H9ClN4O5/c1-21-5-9-10(11(17)18)13-14-15(9)6-2-3-7(12)8(4-6)16(19)20/h2-4H,5H2,1H3,(H,17,18). The van der Waals surface area contributed by atoms with Crippen molar-refractivity contribution in [1.29, 1.82) is 0 Å². The van der Waals surface area contributed by atoms with E-state index in [0.29, 0.717) is 0 Å². The lowest BCUT2D eigenvalue weighted by atomic mass is 10.2. The second-order valence-electron chi connectivity index (χ2n) is 3.93. The Morgan fingerprint density at radius 3 is 2.86 bits per heavy atom. The van der Waals surface area contributed by atoms with E-state index < -0.39 is 10.9 Å². The van der Waals surface area contributed by atoms with Gasteiger partial charge in [0.25, 0.3) is 5.69 Å². The van der Waals surface area contributed by atoms with Crippen molar-refractivity contribution in [1.82, 2.24) is 15.0 Å². The zero-order chi connectivity index (χ0) is 15.6. The van der Waals surface area contributed by atoms with E-state index in [-0.39, 0.29) is 34.4 Å². The molecular weight excluding hydrogens is 304 g/mol. The first-order valence-electron chi connectivity index (χ1n) is 5.56. The van der Waals surface area contributed by atoms with Crippen LogP contribution in [0.5, 0.6) is 0 Å². The highest BCUT2D eigenvalue weighted by Crippen LogP contribution is 2.27. The van der Waals surface area contributed by atoms with E-state index in [1.54, 1.807) is 0 Å². The number of benzene rings is 1. The van der Waals surface area contributed by atoms with Crippen LogP contribution in [0.4, 0.5) is 5.69 Å². The highest BCUT2D eigenvalue weighted by molar-refractivity contribution is 6.32. The third kappa shape index (κ3) is 2.83. The van der Waals surface area contributed by atoms with Crippen molar-refractivity contribution in [2.24, 2.45) is 0 Å². The summed E-state index contributed by atoms with van der Waals surface area (Å²) in [6.45, 7) is -0.0644. The number of halogens is 1. The summed E-state index contributed by atoms with van der Waals surface area (Å²) in [5.41, 5.74) is -0.167. The Bertz CT molecular complexity index is 715. The molecule has 10 heteroatoms. The van der Waals surface area contributed by atoms with Crippen molar-refractivity contribution in [3.63, 3.8) is 0 Å². The lowest BCUT2D eigenvalue weighted by molar-refractivity contribution is -0.384. The Morgan fingerprint density at radius 1 is 1.57 bits per heavy atom. The molecule has 0 aliphatic rings. The minimum atomic E-state index is -1.27. The Labute approximate surface area is 122 Å². The number of hydrogen-bond donors (Lipinski definition) is 1. The average molecular weight is 313 g/mol. The summed E-state index contributed by atoms with van der Waals surface area (Å²) < 4.78 is 6.08. The molecule has 0 aliphatic heterocycles. The first kappa shape index (κ1) is 14.9. The fraction of sp³-hybridized carbons (Fsp3) is 0.182. The molecule has 1 N–H and O–H groups in total. The normalized spacial score (nSPS) is 10.6. The highest BCUT2D eigenvalue weighted by atomic mass is 35.5. The van der Waals surface area contributed by atoms with Crippen LogP contribution in [0.1, 0.15) is 16.2 Å². The molecule has 0 aliphatic carbocycles. The number of methoxy groups -OCH3 is 1. The molecule has 0 unspecified atom stereocenters. The van der Waals surface area contributed by atoms with E-state index in [2.05, 4.69) is 10.3 Å². The van der Waals surface area contributed by atoms with E-state index >= 15 is 0 Å². The maximum atomic E-state index is 11.1. The largest absolute Gasteiger partial charge is 0.476 e. The zero-order valence-electron chi connectivity index (χ0n) is 10.7. The van der Waals surface area contributed by atoms with E-state index in [1.165, 1.54) is 25.3 Å². The Hall–Kier alpha value is -2.52. The molecule has 1 aromatic heterocycles. The van der Waals surface area contributed by atoms with Gasteiger partial charge in [0, 0.05) is 13.2 Å². The van der Waals surface area contributed by atoms with Crippen LogP contribution in [0.15, 0.2) is 18.2 Å². The summed E-state index contributed by atoms with van der Waals surface area (Å²) in [5.74, 6) is -1.27. The molecule has 0 atom stereocenters. The molecule has 110 valence electrons. The summed E-state index contributed by atoms with van der Waals surface area (Å²) >= 11 is 5.73. The van der Waals surface area contributed by atoms with Crippen molar-refractivity contribution >= 4 is 23.3 Å². The van der Waals surface area contributed by atoms with Crippen molar-refractivity contribution < 1.29 is 19.6 Å². The average Bonchev–Trinajstić information content (AvgIpc) is 2.83. The second kappa shape index (κ2) is 5.85. The molecule has 0 radical (unpaired) electrons. The number of aromatic nitrogens is 3. The fourth-order valence-electron chi connectivity index (χ4n) is 1.71. The van der Waals surface area contributed by atoms with Gasteiger partial charge in [-0.25, -0.2) is 9.48 Å². The van der Waals surface area contributed by atoms with Gasteiger partial charge in [-0.3, -0.25) is 10.1 Å². The summed E-state index contributed by atoms with van der Waals surface area (Å²) in [4.78, 5) is 21.3. The number of carbonyl (C=O) groups is 1. The van der Waals surface area contributed by atoms with Crippen LogP contribution in [-0.2, 0) is 11.3 Å². The molecule has 1 aromatic carbocycles. The number of nitrogens with zero attached hydrogens (tertiary/aromatic N) is 4. The molecule has 21 heavy (non-hydrogen) atoms. The van der Waals surface area contributed by atoms with Gasteiger partial charge in [-0.2, -0.15) is 0 Å². The maximum Gasteiger partial charge on any atom is 0.358 e. The van der Waals surface area contributed by atoms with Gasteiger partial charge in [0.15, 0.2) is 5.69 Å². The number of nitro groups is 1. The predicted octanol–water partition coefficient (Wildman–Crippen LogP) is 1.67. The van der Waals surface area contributed by atoms with Gasteiger partial charge in [-0.15, -0.1) is 5.10 Å². The molecular formula is C11H9ClN4O5. The van der Waals surface area contributed by atoms with E-state index in [0.717, 1.165) is 4.68 Å². The molecule has 9 nitrogen and oxygen atoms in total. The monoisotopic (exact) mass is 312 g/mol. The lowest BCUT2D eigenvalue weighted by Gasteiger charge is -2.06. The molecule has 0 saturated heterocycles. The molecule has 2 rings (SSSR count). The van der Waals surface area contributed by atoms with Gasteiger partial charge in [0.1, 0.15) is 10.7 Å². The molecule has 0 fully saturated rings. The third-order valence-corrected chi connectivity index (χ3v) is 2.94. The number of ether oxygens (including phenoxy) is 1. The van der Waals surface area contributed by atoms with E-state index in [1.807, 2.05) is 0 Å². The van der Waals surface area contributed by atoms with Gasteiger partial charge >= 0.3 is 5.97 Å².